The maximum atomic E-state index is 11.9. The van der Waals surface area contributed by atoms with E-state index in [1.165, 1.54) is 0 Å². The molecule has 0 aliphatic rings. The van der Waals surface area contributed by atoms with Gasteiger partial charge in [-0.1, -0.05) is 53.5 Å². The Morgan fingerprint density at radius 3 is 2.57 bits per heavy atom. The van der Waals surface area contributed by atoms with Crippen LogP contribution in [0.3, 0.4) is 0 Å². The summed E-state index contributed by atoms with van der Waals surface area (Å²) < 4.78 is 11.7. The quantitative estimate of drug-likeness (QED) is 0.221. The van der Waals surface area contributed by atoms with Gasteiger partial charge in [0.1, 0.15) is 12.6 Å². The summed E-state index contributed by atoms with van der Waals surface area (Å²) in [5, 5.41) is 14.9. The van der Waals surface area contributed by atoms with Crippen molar-refractivity contribution >= 4 is 40.1 Å². The fraction of sp³-hybridized carbons (Fsp3) is 0.222. The Balaban J connectivity index is 1.43. The molecule has 8 heteroatoms. The van der Waals surface area contributed by atoms with E-state index in [2.05, 4.69) is 10.3 Å². The Labute approximate surface area is 213 Å². The van der Waals surface area contributed by atoms with Gasteiger partial charge in [-0.3, -0.25) is 4.79 Å². The van der Waals surface area contributed by atoms with E-state index in [0.29, 0.717) is 47.7 Å². The molecule has 0 fully saturated rings. The number of fused-ring (bicyclic) bond motifs is 1. The molecule has 0 aliphatic heterocycles. The highest BCUT2D eigenvalue weighted by Crippen LogP contribution is 2.30. The van der Waals surface area contributed by atoms with E-state index in [1.54, 1.807) is 12.1 Å². The van der Waals surface area contributed by atoms with Crippen LogP contribution >= 0.6 is 23.2 Å². The lowest BCUT2D eigenvalue weighted by Crippen LogP contribution is -2.38. The van der Waals surface area contributed by atoms with E-state index < -0.39 is 12.0 Å². The molecule has 4 rings (SSSR count). The van der Waals surface area contributed by atoms with Crippen molar-refractivity contribution in [2.75, 3.05) is 6.61 Å². The molecule has 0 bridgehead atoms. The number of rotatable bonds is 11. The number of aromatic nitrogens is 1. The number of hydrogen-bond acceptors (Lipinski definition) is 4. The minimum atomic E-state index is -0.901. The number of ether oxygens (including phenoxy) is 2. The first kappa shape index (κ1) is 24.9. The lowest BCUT2D eigenvalue weighted by Gasteiger charge is -2.16. The molecule has 6 nitrogen and oxygen atoms in total. The van der Waals surface area contributed by atoms with Crippen molar-refractivity contribution in [2.45, 2.75) is 32.5 Å². The summed E-state index contributed by atoms with van der Waals surface area (Å²) in [5.74, 6) is 0.285. The van der Waals surface area contributed by atoms with Crippen molar-refractivity contribution in [3.05, 3.63) is 93.6 Å². The number of aliphatic carboxylic acids is 1. The molecule has 182 valence electrons. The van der Waals surface area contributed by atoms with Gasteiger partial charge in [0.05, 0.1) is 16.7 Å². The maximum Gasteiger partial charge on any atom is 0.321 e. The van der Waals surface area contributed by atoms with Crippen LogP contribution in [0.15, 0.2) is 66.9 Å². The number of H-pyrrole nitrogens is 1. The third kappa shape index (κ3) is 6.28. The first-order valence-corrected chi connectivity index (χ1v) is 12.0. The molecule has 1 unspecified atom stereocenters. The van der Waals surface area contributed by atoms with Crippen molar-refractivity contribution in [2.24, 2.45) is 0 Å². The van der Waals surface area contributed by atoms with Gasteiger partial charge in [0.15, 0.2) is 11.5 Å². The minimum Gasteiger partial charge on any atom is -0.490 e. The molecule has 4 aromatic rings. The number of aromatic amines is 1. The highest BCUT2D eigenvalue weighted by Gasteiger charge is 2.19. The van der Waals surface area contributed by atoms with E-state index >= 15 is 0 Å². The molecule has 0 spiro atoms. The number of carboxylic acid groups (broad SMARTS) is 1. The van der Waals surface area contributed by atoms with Crippen LogP contribution in [0.4, 0.5) is 0 Å². The Morgan fingerprint density at radius 2 is 1.80 bits per heavy atom. The molecule has 35 heavy (non-hydrogen) atoms. The van der Waals surface area contributed by atoms with Crippen LogP contribution in [0.25, 0.3) is 10.9 Å². The predicted molar refractivity (Wildman–Crippen MR) is 139 cm³/mol. The zero-order chi connectivity index (χ0) is 24.8. The zero-order valence-electron chi connectivity index (χ0n) is 19.2. The summed E-state index contributed by atoms with van der Waals surface area (Å²) >= 11 is 12.1. The van der Waals surface area contributed by atoms with Crippen molar-refractivity contribution in [3.63, 3.8) is 0 Å². The lowest BCUT2D eigenvalue weighted by molar-refractivity contribution is -0.139. The second-order valence-electron chi connectivity index (χ2n) is 8.09. The van der Waals surface area contributed by atoms with Gasteiger partial charge in [0.25, 0.3) is 0 Å². The van der Waals surface area contributed by atoms with Gasteiger partial charge in [0.2, 0.25) is 0 Å². The molecule has 0 amide bonds. The fourth-order valence-electron chi connectivity index (χ4n) is 3.85. The Kier molecular flexibility index (Phi) is 8.18. The van der Waals surface area contributed by atoms with Gasteiger partial charge < -0.3 is 24.9 Å². The average Bonchev–Trinajstić information content (AvgIpc) is 3.26. The number of halogens is 2. The van der Waals surface area contributed by atoms with Crippen LogP contribution in [0.5, 0.6) is 11.5 Å². The van der Waals surface area contributed by atoms with Crippen LogP contribution in [0.1, 0.15) is 23.6 Å². The molecule has 0 aliphatic carbocycles. The van der Waals surface area contributed by atoms with E-state index in [1.807, 2.05) is 61.7 Å². The largest absolute Gasteiger partial charge is 0.490 e. The van der Waals surface area contributed by atoms with Crippen molar-refractivity contribution < 1.29 is 19.4 Å². The van der Waals surface area contributed by atoms with Crippen LogP contribution < -0.4 is 14.8 Å². The SMILES string of the molecule is CCOc1cc(CNC(Cc2c[nH]c3ccccc23)C(=O)O)ccc1OCc1ccc(Cl)c(Cl)c1. The molecule has 0 radical (unpaired) electrons. The second-order valence-corrected chi connectivity index (χ2v) is 8.90. The molecular weight excluding hydrogens is 487 g/mol. The van der Waals surface area contributed by atoms with Crippen LogP contribution in [0.2, 0.25) is 10.0 Å². The number of nitrogens with one attached hydrogen (secondary N) is 2. The third-order valence-corrected chi connectivity index (χ3v) is 6.37. The standard InChI is InChI=1S/C27H26Cl2N2O4/c1-2-34-26-12-17(8-10-25(26)35-16-18-7-9-21(28)22(29)11-18)14-30-24(27(32)33)13-19-15-31-23-6-4-3-5-20(19)23/h3-12,15,24,30-31H,2,13-14,16H2,1H3,(H,32,33). The number of benzene rings is 3. The molecule has 0 saturated carbocycles. The Morgan fingerprint density at radius 1 is 1.00 bits per heavy atom. The minimum absolute atomic E-state index is 0.306. The molecule has 1 atom stereocenters. The Bertz CT molecular complexity index is 1320. The summed E-state index contributed by atoms with van der Waals surface area (Å²) in [4.78, 5) is 15.1. The monoisotopic (exact) mass is 512 g/mol. The topological polar surface area (TPSA) is 83.6 Å². The smallest absolute Gasteiger partial charge is 0.321 e. The normalized spacial score (nSPS) is 12.0. The van der Waals surface area contributed by atoms with E-state index in [4.69, 9.17) is 32.7 Å². The molecule has 3 aromatic carbocycles. The summed E-state index contributed by atoms with van der Waals surface area (Å²) in [7, 11) is 0. The lowest BCUT2D eigenvalue weighted by atomic mass is 10.0. The summed E-state index contributed by atoms with van der Waals surface area (Å²) in [6, 6.07) is 18.1. The average molecular weight is 513 g/mol. The Hall–Kier alpha value is -3.19. The summed E-state index contributed by atoms with van der Waals surface area (Å²) in [6.07, 6.45) is 2.23. The van der Waals surface area contributed by atoms with Crippen LogP contribution in [0, 0.1) is 0 Å². The first-order valence-electron chi connectivity index (χ1n) is 11.3. The van der Waals surface area contributed by atoms with Crippen LogP contribution in [-0.4, -0.2) is 28.7 Å². The summed E-state index contributed by atoms with van der Waals surface area (Å²) in [6.45, 7) is 3.04. The zero-order valence-corrected chi connectivity index (χ0v) is 20.7. The molecule has 3 N–H and O–H groups in total. The van der Waals surface area contributed by atoms with E-state index in [-0.39, 0.29) is 0 Å². The highest BCUT2D eigenvalue weighted by molar-refractivity contribution is 6.42. The van der Waals surface area contributed by atoms with Gasteiger partial charge >= 0.3 is 5.97 Å². The second kappa shape index (κ2) is 11.5. The number of para-hydroxylation sites is 1. The molecule has 0 saturated heterocycles. The maximum absolute atomic E-state index is 11.9. The van der Waals surface area contributed by atoms with Gasteiger partial charge in [-0.05, 0) is 53.9 Å². The number of hydrogen-bond donors (Lipinski definition) is 3. The number of carbonyl (C=O) groups is 1. The van der Waals surface area contributed by atoms with Crippen molar-refractivity contribution in [1.82, 2.24) is 10.3 Å². The van der Waals surface area contributed by atoms with E-state index in [9.17, 15) is 9.90 Å². The van der Waals surface area contributed by atoms with E-state index in [0.717, 1.165) is 27.6 Å². The fourth-order valence-corrected chi connectivity index (χ4v) is 4.17. The molecule has 1 heterocycles. The van der Waals surface area contributed by atoms with Crippen molar-refractivity contribution in [3.8, 4) is 11.5 Å². The van der Waals surface area contributed by atoms with Gasteiger partial charge in [-0.2, -0.15) is 0 Å². The number of carboxylic acids is 1. The van der Waals surface area contributed by atoms with Gasteiger partial charge in [0, 0.05) is 30.1 Å². The van der Waals surface area contributed by atoms with Gasteiger partial charge in [-0.25, -0.2) is 0 Å². The third-order valence-electron chi connectivity index (χ3n) is 5.64. The first-order chi connectivity index (χ1) is 16.9. The van der Waals surface area contributed by atoms with Crippen molar-refractivity contribution in [1.29, 1.82) is 0 Å². The summed E-state index contributed by atoms with van der Waals surface area (Å²) in [5.41, 5.74) is 3.72. The van der Waals surface area contributed by atoms with Crippen LogP contribution in [-0.2, 0) is 24.4 Å². The highest BCUT2D eigenvalue weighted by atomic mass is 35.5. The predicted octanol–water partition coefficient (Wildman–Crippen LogP) is 6.24. The molecular formula is C27H26Cl2N2O4. The molecule has 1 aromatic heterocycles. The van der Waals surface area contributed by atoms with Gasteiger partial charge in [-0.15, -0.1) is 0 Å².